The van der Waals surface area contributed by atoms with Crippen LogP contribution in [0.2, 0.25) is 0 Å². The van der Waals surface area contributed by atoms with Gasteiger partial charge in [-0.3, -0.25) is 9.48 Å². The molecule has 19 heavy (non-hydrogen) atoms. The first-order valence-corrected chi connectivity index (χ1v) is 5.90. The van der Waals surface area contributed by atoms with Gasteiger partial charge in [-0.05, 0) is 6.92 Å². The minimum absolute atomic E-state index is 0.0324. The highest BCUT2D eigenvalue weighted by atomic mass is 16.5. The van der Waals surface area contributed by atoms with E-state index in [0.29, 0.717) is 30.2 Å². The number of hydrogen-bond acceptors (Lipinski definition) is 6. The van der Waals surface area contributed by atoms with Gasteiger partial charge in [0.05, 0.1) is 12.2 Å². The predicted molar refractivity (Wildman–Crippen MR) is 65.3 cm³/mol. The lowest BCUT2D eigenvalue weighted by atomic mass is 10.3. The van der Waals surface area contributed by atoms with Gasteiger partial charge in [0.2, 0.25) is 5.91 Å². The van der Waals surface area contributed by atoms with E-state index in [-0.39, 0.29) is 18.9 Å². The second-order valence-electron chi connectivity index (χ2n) is 4.07. The van der Waals surface area contributed by atoms with Gasteiger partial charge in [-0.1, -0.05) is 10.4 Å². The number of carbonyl (C=O) groups excluding carboxylic acids is 1. The summed E-state index contributed by atoms with van der Waals surface area (Å²) in [6.45, 7) is 2.20. The van der Waals surface area contributed by atoms with Gasteiger partial charge >= 0.3 is 0 Å². The lowest BCUT2D eigenvalue weighted by molar-refractivity contribution is -0.116. The lowest BCUT2D eigenvalue weighted by Crippen LogP contribution is -2.15. The van der Waals surface area contributed by atoms with Crippen molar-refractivity contribution in [3.05, 3.63) is 23.7 Å². The Kier molecular flexibility index (Phi) is 4.24. The Morgan fingerprint density at radius 1 is 1.58 bits per heavy atom. The molecular weight excluding hydrogens is 250 g/mol. The topological polar surface area (TPSA) is 106 Å². The summed E-state index contributed by atoms with van der Waals surface area (Å²) in [5, 5.41) is 22.8. The van der Waals surface area contributed by atoms with Gasteiger partial charge in [0.25, 0.3) is 0 Å². The number of aliphatic hydroxyl groups excluding tert-OH is 1. The van der Waals surface area contributed by atoms with E-state index in [1.54, 1.807) is 23.9 Å². The molecule has 0 bridgehead atoms. The molecule has 0 spiro atoms. The van der Waals surface area contributed by atoms with Gasteiger partial charge in [-0.25, -0.2) is 0 Å². The van der Waals surface area contributed by atoms with Crippen molar-refractivity contribution in [3.8, 4) is 0 Å². The van der Waals surface area contributed by atoms with Gasteiger partial charge in [-0.15, -0.1) is 5.10 Å². The number of nitrogens with zero attached hydrogens (tertiary/aromatic N) is 4. The van der Waals surface area contributed by atoms with Crippen molar-refractivity contribution >= 4 is 11.7 Å². The Hall–Kier alpha value is -2.22. The van der Waals surface area contributed by atoms with Gasteiger partial charge in [0, 0.05) is 31.7 Å². The maximum atomic E-state index is 11.6. The molecule has 2 N–H and O–H groups in total. The Bertz CT molecular complexity index is 548. The molecule has 0 aliphatic rings. The molecule has 8 nitrogen and oxygen atoms in total. The smallest absolute Gasteiger partial charge is 0.227 e. The van der Waals surface area contributed by atoms with Crippen molar-refractivity contribution in [1.29, 1.82) is 0 Å². The van der Waals surface area contributed by atoms with Crippen LogP contribution in [0.25, 0.3) is 0 Å². The van der Waals surface area contributed by atoms with E-state index in [9.17, 15) is 4.79 Å². The standard InChI is InChI=1S/C11H15N5O3/c1-8-6-10(14-19-8)12-11(18)2-4-16-7-9(3-5-17)13-15-16/h6-7,17H,2-5H2,1H3,(H,12,14,18). The first-order valence-electron chi connectivity index (χ1n) is 5.90. The van der Waals surface area contributed by atoms with Crippen molar-refractivity contribution < 1.29 is 14.4 Å². The van der Waals surface area contributed by atoms with E-state index in [1.165, 1.54) is 0 Å². The summed E-state index contributed by atoms with van der Waals surface area (Å²) in [4.78, 5) is 11.6. The fourth-order valence-electron chi connectivity index (χ4n) is 1.52. The monoisotopic (exact) mass is 265 g/mol. The van der Waals surface area contributed by atoms with Crippen molar-refractivity contribution in [1.82, 2.24) is 20.2 Å². The van der Waals surface area contributed by atoms with Crippen LogP contribution in [-0.2, 0) is 17.8 Å². The predicted octanol–water partition coefficient (Wildman–Crippen LogP) is 0.138. The third kappa shape index (κ3) is 3.88. The summed E-state index contributed by atoms with van der Waals surface area (Å²) < 4.78 is 6.41. The molecule has 0 saturated carbocycles. The minimum Gasteiger partial charge on any atom is -0.396 e. The molecule has 0 saturated heterocycles. The third-order valence-electron chi connectivity index (χ3n) is 2.42. The van der Waals surface area contributed by atoms with Crippen LogP contribution >= 0.6 is 0 Å². The van der Waals surface area contributed by atoms with Gasteiger partial charge in [0.1, 0.15) is 5.76 Å². The fourth-order valence-corrected chi connectivity index (χ4v) is 1.52. The zero-order valence-corrected chi connectivity index (χ0v) is 10.5. The van der Waals surface area contributed by atoms with E-state index in [2.05, 4.69) is 20.8 Å². The molecule has 0 aliphatic carbocycles. The van der Waals surface area contributed by atoms with E-state index in [4.69, 9.17) is 9.63 Å². The van der Waals surface area contributed by atoms with Crippen molar-refractivity contribution in [2.75, 3.05) is 11.9 Å². The molecule has 0 unspecified atom stereocenters. The number of aryl methyl sites for hydroxylation is 2. The molecule has 102 valence electrons. The number of hydrogen-bond donors (Lipinski definition) is 2. The lowest BCUT2D eigenvalue weighted by Gasteiger charge is -2.00. The fraction of sp³-hybridized carbons (Fsp3) is 0.455. The minimum atomic E-state index is -0.174. The molecule has 2 rings (SSSR count). The summed E-state index contributed by atoms with van der Waals surface area (Å²) in [6.07, 6.45) is 2.43. The number of nitrogens with one attached hydrogen (secondary N) is 1. The summed E-state index contributed by atoms with van der Waals surface area (Å²) in [5.41, 5.74) is 0.704. The Morgan fingerprint density at radius 2 is 2.42 bits per heavy atom. The molecule has 2 aromatic rings. The van der Waals surface area contributed by atoms with Crippen LogP contribution < -0.4 is 5.32 Å². The highest BCUT2D eigenvalue weighted by molar-refractivity contribution is 5.89. The highest BCUT2D eigenvalue weighted by Gasteiger charge is 2.07. The van der Waals surface area contributed by atoms with Crippen LogP contribution in [0.1, 0.15) is 17.9 Å². The summed E-state index contributed by atoms with van der Waals surface area (Å²) in [7, 11) is 0. The van der Waals surface area contributed by atoms with E-state index in [1.807, 2.05) is 0 Å². The Morgan fingerprint density at radius 3 is 3.11 bits per heavy atom. The van der Waals surface area contributed by atoms with Crippen LogP contribution in [0.4, 0.5) is 5.82 Å². The molecule has 0 atom stereocenters. The molecule has 8 heteroatoms. The van der Waals surface area contributed by atoms with Gasteiger partial charge in [0.15, 0.2) is 5.82 Å². The number of aliphatic hydroxyl groups is 1. The van der Waals surface area contributed by atoms with Gasteiger partial charge in [-0.2, -0.15) is 0 Å². The van der Waals surface area contributed by atoms with E-state index >= 15 is 0 Å². The second kappa shape index (κ2) is 6.10. The summed E-state index contributed by atoms with van der Waals surface area (Å²) in [6, 6.07) is 1.65. The Labute approximate surface area is 109 Å². The van der Waals surface area contributed by atoms with E-state index in [0.717, 1.165) is 0 Å². The zero-order chi connectivity index (χ0) is 13.7. The SMILES string of the molecule is Cc1cc(NC(=O)CCn2cc(CCO)nn2)no1. The van der Waals surface area contributed by atoms with E-state index < -0.39 is 0 Å². The summed E-state index contributed by atoms with van der Waals surface area (Å²) in [5.74, 6) is 0.870. The number of anilines is 1. The number of aromatic nitrogens is 4. The summed E-state index contributed by atoms with van der Waals surface area (Å²) >= 11 is 0. The maximum Gasteiger partial charge on any atom is 0.227 e. The van der Waals surface area contributed by atoms with Crippen molar-refractivity contribution in [2.24, 2.45) is 0 Å². The van der Waals surface area contributed by atoms with Crippen LogP contribution in [0.3, 0.4) is 0 Å². The van der Waals surface area contributed by atoms with Crippen LogP contribution in [-0.4, -0.2) is 37.8 Å². The quantitative estimate of drug-likeness (QED) is 0.769. The average molecular weight is 265 g/mol. The molecule has 0 radical (unpaired) electrons. The average Bonchev–Trinajstić information content (AvgIpc) is 2.97. The van der Waals surface area contributed by atoms with Crippen LogP contribution in [0, 0.1) is 6.92 Å². The maximum absolute atomic E-state index is 11.6. The van der Waals surface area contributed by atoms with Crippen LogP contribution in [0.15, 0.2) is 16.8 Å². The molecule has 2 heterocycles. The molecule has 1 amide bonds. The molecular formula is C11H15N5O3. The molecule has 0 aliphatic heterocycles. The highest BCUT2D eigenvalue weighted by Crippen LogP contribution is 2.07. The number of rotatable bonds is 6. The van der Waals surface area contributed by atoms with Crippen LogP contribution in [0.5, 0.6) is 0 Å². The number of carbonyl (C=O) groups is 1. The number of amides is 1. The van der Waals surface area contributed by atoms with Crippen molar-refractivity contribution in [2.45, 2.75) is 26.3 Å². The second-order valence-corrected chi connectivity index (χ2v) is 4.07. The zero-order valence-electron chi connectivity index (χ0n) is 10.5. The Balaban J connectivity index is 1.79. The molecule has 2 aromatic heterocycles. The first kappa shape index (κ1) is 13.2. The normalized spacial score (nSPS) is 10.6. The largest absolute Gasteiger partial charge is 0.396 e. The van der Waals surface area contributed by atoms with Gasteiger partial charge < -0.3 is 14.9 Å². The van der Waals surface area contributed by atoms with Crippen molar-refractivity contribution in [3.63, 3.8) is 0 Å². The first-order chi connectivity index (χ1) is 9.17. The molecule has 0 fully saturated rings. The third-order valence-corrected chi connectivity index (χ3v) is 2.42. The molecule has 0 aromatic carbocycles.